The van der Waals surface area contributed by atoms with E-state index < -0.39 is 0 Å². The lowest BCUT2D eigenvalue weighted by Gasteiger charge is -2.45. The normalized spacial score (nSPS) is 35.7. The molecule has 0 aromatic carbocycles. The summed E-state index contributed by atoms with van der Waals surface area (Å²) in [4.78, 5) is 7.84. The number of hydrogen-bond donors (Lipinski definition) is 0. The van der Waals surface area contributed by atoms with Crippen molar-refractivity contribution < 1.29 is 9.47 Å². The Morgan fingerprint density at radius 2 is 1.48 bits per heavy atom. The van der Waals surface area contributed by atoms with Gasteiger partial charge in [-0.05, 0) is 32.7 Å². The van der Waals surface area contributed by atoms with Gasteiger partial charge >= 0.3 is 0 Å². The molecule has 0 amide bonds. The Balaban J connectivity index is 1.46. The van der Waals surface area contributed by atoms with Gasteiger partial charge < -0.3 is 14.4 Å². The number of piperidine rings is 1. The average Bonchev–Trinajstić information content (AvgIpc) is 2.75. The maximum Gasteiger partial charge on any atom is 0.169 e. The van der Waals surface area contributed by atoms with Crippen LogP contribution in [0.2, 0.25) is 0 Å². The number of nitrogens with zero attached hydrogens (tertiary/aromatic N) is 3. The summed E-state index contributed by atoms with van der Waals surface area (Å²) in [5.74, 6) is 0. The summed E-state index contributed by atoms with van der Waals surface area (Å²) in [6, 6.07) is 2.51. The maximum absolute atomic E-state index is 5.31. The molecule has 2 bridgehead atoms. The molecule has 5 nitrogen and oxygen atoms in total. The molecule has 0 aliphatic carbocycles. The Hall–Kier alpha value is -0.200. The lowest BCUT2D eigenvalue weighted by atomic mass is 9.96. The second-order valence-corrected chi connectivity index (χ2v) is 6.91. The standard InChI is InChI=1S/C16H31N3O2/c1-17-13-4-5-14(17)11-15(10-13)19-8-6-18(7-9-19)12-16(20-2)21-3/h13-16H,4-12H2,1-3H3/t13-,14+,15?. The molecule has 0 N–H and O–H groups in total. The Morgan fingerprint density at radius 1 is 0.905 bits per heavy atom. The fourth-order valence-electron chi connectivity index (χ4n) is 4.45. The van der Waals surface area contributed by atoms with E-state index in [9.17, 15) is 0 Å². The first-order chi connectivity index (χ1) is 10.2. The van der Waals surface area contributed by atoms with E-state index >= 15 is 0 Å². The maximum atomic E-state index is 5.31. The average molecular weight is 297 g/mol. The largest absolute Gasteiger partial charge is 0.355 e. The third-order valence-electron chi connectivity index (χ3n) is 5.93. The van der Waals surface area contributed by atoms with Gasteiger partial charge in [0, 0.05) is 65.1 Å². The van der Waals surface area contributed by atoms with Crippen molar-refractivity contribution in [3.63, 3.8) is 0 Å². The molecule has 0 aromatic rings. The summed E-state index contributed by atoms with van der Waals surface area (Å²) in [6.07, 6.45) is 5.51. The van der Waals surface area contributed by atoms with Gasteiger partial charge in [-0.15, -0.1) is 0 Å². The summed E-state index contributed by atoms with van der Waals surface area (Å²) >= 11 is 0. The molecule has 0 radical (unpaired) electrons. The number of methoxy groups -OCH3 is 2. The predicted octanol–water partition coefficient (Wildman–Crippen LogP) is 0.848. The topological polar surface area (TPSA) is 28.2 Å². The van der Waals surface area contributed by atoms with Gasteiger partial charge in [0.2, 0.25) is 0 Å². The van der Waals surface area contributed by atoms with Crippen LogP contribution in [0, 0.1) is 0 Å². The molecular weight excluding hydrogens is 266 g/mol. The van der Waals surface area contributed by atoms with Gasteiger partial charge in [-0.1, -0.05) is 0 Å². The van der Waals surface area contributed by atoms with Gasteiger partial charge in [0.15, 0.2) is 6.29 Å². The van der Waals surface area contributed by atoms with Crippen LogP contribution in [0.5, 0.6) is 0 Å². The van der Waals surface area contributed by atoms with Crippen molar-refractivity contribution in [2.45, 2.75) is 50.1 Å². The molecule has 5 heteroatoms. The van der Waals surface area contributed by atoms with E-state index in [1.54, 1.807) is 14.2 Å². The highest BCUT2D eigenvalue weighted by Gasteiger charge is 2.40. The number of fused-ring (bicyclic) bond motifs is 2. The molecule has 0 aromatic heterocycles. The van der Waals surface area contributed by atoms with Crippen LogP contribution < -0.4 is 0 Å². The highest BCUT2D eigenvalue weighted by atomic mass is 16.7. The van der Waals surface area contributed by atoms with Gasteiger partial charge in [-0.2, -0.15) is 0 Å². The molecule has 3 fully saturated rings. The van der Waals surface area contributed by atoms with Crippen molar-refractivity contribution in [1.29, 1.82) is 0 Å². The minimum atomic E-state index is -0.0873. The van der Waals surface area contributed by atoms with Crippen LogP contribution in [0.4, 0.5) is 0 Å². The summed E-state index contributed by atoms with van der Waals surface area (Å²) < 4.78 is 10.6. The van der Waals surface area contributed by atoms with Crippen LogP contribution in [0.25, 0.3) is 0 Å². The Labute approximate surface area is 129 Å². The lowest BCUT2D eigenvalue weighted by molar-refractivity contribution is -0.120. The Bertz CT molecular complexity index is 315. The number of hydrogen-bond acceptors (Lipinski definition) is 5. The molecule has 3 rings (SSSR count). The highest BCUT2D eigenvalue weighted by molar-refractivity contribution is 4.97. The molecule has 0 spiro atoms. The molecule has 1 unspecified atom stereocenters. The van der Waals surface area contributed by atoms with Crippen LogP contribution in [0.1, 0.15) is 25.7 Å². The van der Waals surface area contributed by atoms with Crippen LogP contribution in [-0.2, 0) is 9.47 Å². The van der Waals surface area contributed by atoms with Crippen LogP contribution >= 0.6 is 0 Å². The van der Waals surface area contributed by atoms with E-state index in [-0.39, 0.29) is 6.29 Å². The third-order valence-corrected chi connectivity index (χ3v) is 5.93. The first kappa shape index (κ1) is 15.7. The van der Waals surface area contributed by atoms with Gasteiger partial charge in [0.1, 0.15) is 0 Å². The zero-order valence-electron chi connectivity index (χ0n) is 13.8. The molecule has 3 saturated heterocycles. The van der Waals surface area contributed by atoms with Crippen LogP contribution in [0.3, 0.4) is 0 Å². The monoisotopic (exact) mass is 297 g/mol. The lowest BCUT2D eigenvalue weighted by Crippen LogP contribution is -2.55. The van der Waals surface area contributed by atoms with Gasteiger partial charge in [-0.3, -0.25) is 9.80 Å². The fourth-order valence-corrected chi connectivity index (χ4v) is 4.45. The minimum absolute atomic E-state index is 0.0873. The molecule has 0 saturated carbocycles. The van der Waals surface area contributed by atoms with E-state index in [1.807, 2.05) is 0 Å². The minimum Gasteiger partial charge on any atom is -0.355 e. The molecule has 3 heterocycles. The summed E-state index contributed by atoms with van der Waals surface area (Å²) in [6.45, 7) is 5.58. The fraction of sp³-hybridized carbons (Fsp3) is 1.00. The molecule has 3 aliphatic heterocycles. The SMILES string of the molecule is COC(CN1CCN(C2C[C@H]3CC[C@@H](C2)N3C)CC1)OC. The van der Waals surface area contributed by atoms with Crippen molar-refractivity contribution >= 4 is 0 Å². The molecule has 3 aliphatic rings. The van der Waals surface area contributed by atoms with Gasteiger partial charge in [-0.25, -0.2) is 0 Å². The van der Waals surface area contributed by atoms with Gasteiger partial charge in [0.25, 0.3) is 0 Å². The molecule has 122 valence electrons. The van der Waals surface area contributed by atoms with E-state index in [2.05, 4.69) is 21.7 Å². The van der Waals surface area contributed by atoms with E-state index in [4.69, 9.17) is 9.47 Å². The predicted molar refractivity (Wildman–Crippen MR) is 83.4 cm³/mol. The van der Waals surface area contributed by atoms with Crippen LogP contribution in [0.15, 0.2) is 0 Å². The summed E-state index contributed by atoms with van der Waals surface area (Å²) in [5.41, 5.74) is 0. The van der Waals surface area contributed by atoms with Crippen LogP contribution in [-0.4, -0.2) is 93.1 Å². The van der Waals surface area contributed by atoms with Crippen molar-refractivity contribution in [3.05, 3.63) is 0 Å². The second kappa shape index (κ2) is 6.92. The van der Waals surface area contributed by atoms with Crippen molar-refractivity contribution in [2.24, 2.45) is 0 Å². The van der Waals surface area contributed by atoms with Crippen molar-refractivity contribution in [2.75, 3.05) is 54.0 Å². The zero-order chi connectivity index (χ0) is 14.8. The number of rotatable bonds is 5. The first-order valence-electron chi connectivity index (χ1n) is 8.45. The number of piperazine rings is 1. The van der Waals surface area contributed by atoms with E-state index in [0.717, 1.165) is 37.8 Å². The number of ether oxygens (including phenoxy) is 2. The second-order valence-electron chi connectivity index (χ2n) is 6.91. The third kappa shape index (κ3) is 3.42. The summed E-state index contributed by atoms with van der Waals surface area (Å²) in [5, 5.41) is 0. The Kier molecular flexibility index (Phi) is 5.17. The van der Waals surface area contributed by atoms with Crippen molar-refractivity contribution in [1.82, 2.24) is 14.7 Å². The van der Waals surface area contributed by atoms with E-state index in [0.29, 0.717) is 0 Å². The molecule has 3 atom stereocenters. The quantitative estimate of drug-likeness (QED) is 0.702. The van der Waals surface area contributed by atoms with Crippen molar-refractivity contribution in [3.8, 4) is 0 Å². The highest BCUT2D eigenvalue weighted by Crippen LogP contribution is 2.36. The Morgan fingerprint density at radius 3 is 2.00 bits per heavy atom. The smallest absolute Gasteiger partial charge is 0.169 e. The first-order valence-corrected chi connectivity index (χ1v) is 8.45. The molecular formula is C16H31N3O2. The van der Waals surface area contributed by atoms with Gasteiger partial charge in [0.05, 0.1) is 0 Å². The summed E-state index contributed by atoms with van der Waals surface area (Å²) in [7, 11) is 5.77. The van der Waals surface area contributed by atoms with E-state index in [1.165, 1.54) is 38.8 Å². The molecule has 21 heavy (non-hydrogen) atoms. The zero-order valence-corrected chi connectivity index (χ0v) is 13.8.